The van der Waals surface area contributed by atoms with Crippen molar-refractivity contribution in [3.05, 3.63) is 100 Å². The van der Waals surface area contributed by atoms with Gasteiger partial charge < -0.3 is 14.2 Å². The van der Waals surface area contributed by atoms with E-state index in [2.05, 4.69) is 5.32 Å². The second kappa shape index (κ2) is 9.70. The zero-order valence-corrected chi connectivity index (χ0v) is 18.7. The van der Waals surface area contributed by atoms with Gasteiger partial charge in [0.2, 0.25) is 5.91 Å². The molecule has 4 aromatic rings. The molecule has 6 nitrogen and oxygen atoms in total. The third kappa shape index (κ3) is 4.84. The summed E-state index contributed by atoms with van der Waals surface area (Å²) in [6.45, 7) is 3.95. The van der Waals surface area contributed by atoms with Gasteiger partial charge in [-0.05, 0) is 61.2 Å². The van der Waals surface area contributed by atoms with E-state index in [0.29, 0.717) is 23.0 Å². The summed E-state index contributed by atoms with van der Waals surface area (Å²) in [6.07, 6.45) is 1.74. The van der Waals surface area contributed by atoms with Crippen LogP contribution >= 0.6 is 11.3 Å². The number of aryl methyl sites for hydroxylation is 2. The Balaban J connectivity index is 1.73. The largest absolute Gasteiger partial charge is 0.467 e. The molecule has 0 fully saturated rings. The monoisotopic (exact) mass is 448 g/mol. The van der Waals surface area contributed by atoms with Gasteiger partial charge >= 0.3 is 0 Å². The molecule has 0 saturated heterocycles. The minimum absolute atomic E-state index is 0.186. The van der Waals surface area contributed by atoms with Crippen LogP contribution in [0.2, 0.25) is 0 Å². The van der Waals surface area contributed by atoms with E-state index in [9.17, 15) is 9.59 Å². The molecular formula is C25H24N2O4S. The van der Waals surface area contributed by atoms with Crippen molar-refractivity contribution in [3.8, 4) is 0 Å². The number of amides is 2. The first-order valence-electron chi connectivity index (χ1n) is 10.3. The van der Waals surface area contributed by atoms with Gasteiger partial charge in [0.05, 0.1) is 19.2 Å². The highest BCUT2D eigenvalue weighted by atomic mass is 32.1. The summed E-state index contributed by atoms with van der Waals surface area (Å²) in [7, 11) is 0. The average Bonchev–Trinajstić information content (AvgIpc) is 3.54. The van der Waals surface area contributed by atoms with Gasteiger partial charge in [-0.2, -0.15) is 0 Å². The van der Waals surface area contributed by atoms with Gasteiger partial charge in [-0.1, -0.05) is 24.3 Å². The van der Waals surface area contributed by atoms with Gasteiger partial charge in [-0.3, -0.25) is 14.5 Å². The number of carbonyl (C=O) groups excluding carboxylic acids is 2. The fraction of sp³-hybridized carbons (Fsp3) is 0.200. The molecule has 32 heavy (non-hydrogen) atoms. The summed E-state index contributed by atoms with van der Waals surface area (Å²) in [5.41, 5.74) is 1.56. The van der Waals surface area contributed by atoms with Crippen LogP contribution in [0.4, 0.5) is 5.69 Å². The number of nitrogens with one attached hydrogen (secondary N) is 1. The number of carbonyl (C=O) groups is 2. The molecule has 0 spiro atoms. The number of furan rings is 2. The van der Waals surface area contributed by atoms with E-state index < -0.39 is 6.04 Å². The lowest BCUT2D eigenvalue weighted by Gasteiger charge is -2.31. The fourth-order valence-electron chi connectivity index (χ4n) is 3.56. The third-order valence-electron chi connectivity index (χ3n) is 5.10. The van der Waals surface area contributed by atoms with Crippen molar-refractivity contribution in [1.82, 2.24) is 5.32 Å². The number of hydrogen-bond donors (Lipinski definition) is 1. The zero-order chi connectivity index (χ0) is 22.5. The molecule has 2 amide bonds. The third-order valence-corrected chi connectivity index (χ3v) is 5.98. The lowest BCUT2D eigenvalue weighted by atomic mass is 10.1. The van der Waals surface area contributed by atoms with Gasteiger partial charge in [0.25, 0.3) is 5.91 Å². The summed E-state index contributed by atoms with van der Waals surface area (Å²) in [4.78, 5) is 29.6. The van der Waals surface area contributed by atoms with Gasteiger partial charge in [0.15, 0.2) is 6.04 Å². The molecule has 164 valence electrons. The van der Waals surface area contributed by atoms with Crippen molar-refractivity contribution in [1.29, 1.82) is 0 Å². The lowest BCUT2D eigenvalue weighted by molar-refractivity contribution is -0.127. The molecule has 0 saturated carbocycles. The number of thiophene rings is 1. The zero-order valence-electron chi connectivity index (χ0n) is 17.9. The van der Waals surface area contributed by atoms with Crippen LogP contribution in [0.5, 0.6) is 0 Å². The lowest BCUT2D eigenvalue weighted by Crippen LogP contribution is -2.44. The van der Waals surface area contributed by atoms with E-state index in [-0.39, 0.29) is 24.8 Å². The molecule has 1 N–H and O–H groups in total. The summed E-state index contributed by atoms with van der Waals surface area (Å²) in [5, 5.41) is 4.83. The smallest absolute Gasteiger partial charge is 0.251 e. The molecule has 7 heteroatoms. The quantitative estimate of drug-likeness (QED) is 0.403. The SMILES string of the molecule is Cc1ccc([C@H](C(=O)NCc2ccco2)N(C(=O)Cc2cccs2)c2ccccc2C)o1. The molecule has 0 aliphatic carbocycles. The minimum atomic E-state index is -0.966. The Hall–Kier alpha value is -3.58. The van der Waals surface area contributed by atoms with Crippen molar-refractivity contribution in [3.63, 3.8) is 0 Å². The van der Waals surface area contributed by atoms with Crippen molar-refractivity contribution in [2.45, 2.75) is 32.9 Å². The number of anilines is 1. The normalized spacial score (nSPS) is 11.8. The van der Waals surface area contributed by atoms with Crippen LogP contribution in [-0.2, 0) is 22.6 Å². The van der Waals surface area contributed by atoms with Gasteiger partial charge in [-0.15, -0.1) is 11.3 Å². The Morgan fingerprint density at radius 2 is 1.88 bits per heavy atom. The van der Waals surface area contributed by atoms with Crippen LogP contribution in [0, 0.1) is 13.8 Å². The molecule has 1 atom stereocenters. The second-order valence-electron chi connectivity index (χ2n) is 7.45. The highest BCUT2D eigenvalue weighted by Crippen LogP contribution is 2.32. The van der Waals surface area contributed by atoms with E-state index in [1.54, 1.807) is 35.4 Å². The molecule has 0 aliphatic rings. The number of hydrogen-bond acceptors (Lipinski definition) is 5. The number of para-hydroxylation sites is 1. The van der Waals surface area contributed by atoms with Crippen LogP contribution in [0.25, 0.3) is 0 Å². The first-order chi connectivity index (χ1) is 15.5. The first-order valence-corrected chi connectivity index (χ1v) is 11.2. The minimum Gasteiger partial charge on any atom is -0.467 e. The van der Waals surface area contributed by atoms with Crippen LogP contribution in [-0.4, -0.2) is 11.8 Å². The Bertz CT molecular complexity index is 1180. The average molecular weight is 449 g/mol. The number of nitrogens with zero attached hydrogens (tertiary/aromatic N) is 1. The molecule has 3 heterocycles. The van der Waals surface area contributed by atoms with E-state index in [1.807, 2.05) is 55.6 Å². The molecule has 0 aliphatic heterocycles. The maximum atomic E-state index is 13.6. The van der Waals surface area contributed by atoms with E-state index >= 15 is 0 Å². The van der Waals surface area contributed by atoms with E-state index in [4.69, 9.17) is 8.83 Å². The highest BCUT2D eigenvalue weighted by Gasteiger charge is 2.35. The van der Waals surface area contributed by atoms with Crippen molar-refractivity contribution in [2.24, 2.45) is 0 Å². The van der Waals surface area contributed by atoms with Crippen LogP contribution in [0.15, 0.2) is 81.1 Å². The maximum absolute atomic E-state index is 13.6. The van der Waals surface area contributed by atoms with Crippen molar-refractivity contribution in [2.75, 3.05) is 4.90 Å². The molecular weight excluding hydrogens is 424 g/mol. The van der Waals surface area contributed by atoms with Crippen molar-refractivity contribution >= 4 is 28.8 Å². The number of rotatable bonds is 8. The van der Waals surface area contributed by atoms with Crippen molar-refractivity contribution < 1.29 is 18.4 Å². The van der Waals surface area contributed by atoms with E-state index in [1.165, 1.54) is 11.3 Å². The molecule has 0 radical (unpaired) electrons. The Labute approximate surface area is 190 Å². The van der Waals surface area contributed by atoms with E-state index in [0.717, 1.165) is 10.4 Å². The summed E-state index contributed by atoms with van der Waals surface area (Å²) in [6, 6.07) is 17.5. The number of benzene rings is 1. The van der Waals surface area contributed by atoms with Crippen LogP contribution in [0.1, 0.15) is 33.8 Å². The molecule has 1 aromatic carbocycles. The Kier molecular flexibility index (Phi) is 6.56. The van der Waals surface area contributed by atoms with Gasteiger partial charge in [0.1, 0.15) is 17.3 Å². The van der Waals surface area contributed by atoms with Gasteiger partial charge in [0, 0.05) is 10.6 Å². The predicted octanol–water partition coefficient (Wildman–Crippen LogP) is 5.18. The predicted molar refractivity (Wildman–Crippen MR) is 123 cm³/mol. The summed E-state index contributed by atoms with van der Waals surface area (Å²) in [5.74, 6) is 1.16. The summed E-state index contributed by atoms with van der Waals surface area (Å²) >= 11 is 1.51. The maximum Gasteiger partial charge on any atom is 0.251 e. The Morgan fingerprint density at radius 1 is 1.03 bits per heavy atom. The summed E-state index contributed by atoms with van der Waals surface area (Å²) < 4.78 is 11.2. The standard InChI is InChI=1S/C25H24N2O4S/c1-17-7-3-4-10-21(17)27(23(28)15-20-9-6-14-32-20)24(22-12-11-18(2)31-22)25(29)26-16-19-8-5-13-30-19/h3-14,24H,15-16H2,1-2H3,(H,26,29)/t24-/m1/s1. The van der Waals surface area contributed by atoms with Crippen LogP contribution < -0.4 is 10.2 Å². The fourth-order valence-corrected chi connectivity index (χ4v) is 4.25. The molecule has 3 aromatic heterocycles. The molecule has 4 rings (SSSR count). The highest BCUT2D eigenvalue weighted by molar-refractivity contribution is 7.10. The van der Waals surface area contributed by atoms with Gasteiger partial charge in [-0.25, -0.2) is 0 Å². The second-order valence-corrected chi connectivity index (χ2v) is 8.49. The topological polar surface area (TPSA) is 75.7 Å². The Morgan fingerprint density at radius 3 is 2.53 bits per heavy atom. The molecule has 0 unspecified atom stereocenters. The van der Waals surface area contributed by atoms with Crippen LogP contribution in [0.3, 0.4) is 0 Å². The molecule has 0 bridgehead atoms. The first kappa shape index (κ1) is 21.6.